The molecule has 0 spiro atoms. The highest BCUT2D eigenvalue weighted by Gasteiger charge is 2.25. The number of carbonyl (C=O) groups excluding carboxylic acids is 1. The van der Waals surface area contributed by atoms with Crippen LogP contribution in [0.1, 0.15) is 54.0 Å². The van der Waals surface area contributed by atoms with Crippen LogP contribution >= 0.6 is 0 Å². The number of rotatable bonds is 6. The zero-order valence-electron chi connectivity index (χ0n) is 15.8. The first kappa shape index (κ1) is 19.3. The quantitative estimate of drug-likeness (QED) is 0.719. The summed E-state index contributed by atoms with van der Waals surface area (Å²) in [4.78, 5) is 18.8. The second-order valence-corrected chi connectivity index (χ2v) is 6.90. The minimum Gasteiger partial charge on any atom is -0.462 e. The number of carbonyl (C=O) groups is 1. The van der Waals surface area contributed by atoms with Crippen LogP contribution in [0.25, 0.3) is 0 Å². The van der Waals surface area contributed by atoms with E-state index in [9.17, 15) is 13.6 Å². The average Bonchev–Trinajstić information content (AvgIpc) is 3.23. The van der Waals surface area contributed by atoms with E-state index < -0.39 is 18.1 Å². The molecule has 1 fully saturated rings. The van der Waals surface area contributed by atoms with E-state index in [0.717, 1.165) is 36.6 Å². The Bertz CT molecular complexity index is 822. The second-order valence-electron chi connectivity index (χ2n) is 6.90. The fourth-order valence-electron chi connectivity index (χ4n) is 3.28. The molecule has 0 bridgehead atoms. The van der Waals surface area contributed by atoms with Crippen molar-refractivity contribution in [1.82, 2.24) is 14.8 Å². The van der Waals surface area contributed by atoms with Crippen LogP contribution in [0.4, 0.5) is 14.6 Å². The molecule has 0 amide bonds. The lowest BCUT2D eigenvalue weighted by atomic mass is 10.2. The summed E-state index contributed by atoms with van der Waals surface area (Å²) in [5.74, 6) is 0.805. The molecule has 1 saturated heterocycles. The summed E-state index contributed by atoms with van der Waals surface area (Å²) in [6.45, 7) is 8.10. The van der Waals surface area contributed by atoms with Gasteiger partial charge in [-0.15, -0.1) is 0 Å². The van der Waals surface area contributed by atoms with Crippen molar-refractivity contribution in [2.24, 2.45) is 5.92 Å². The standard InChI is InChI=1S/C19H24F2N4O2/c1-4-27-19(26)15-11-25(23-17(15)18(20)21)10-14-5-6-16(22-13(14)3)24-8-7-12(2)9-24/h5-6,11-12,18H,4,7-10H2,1-3H3. The van der Waals surface area contributed by atoms with Crippen molar-refractivity contribution in [3.05, 3.63) is 40.8 Å². The molecule has 1 aliphatic heterocycles. The van der Waals surface area contributed by atoms with Gasteiger partial charge < -0.3 is 9.64 Å². The lowest BCUT2D eigenvalue weighted by Crippen LogP contribution is -2.20. The maximum atomic E-state index is 13.2. The van der Waals surface area contributed by atoms with E-state index >= 15 is 0 Å². The zero-order chi connectivity index (χ0) is 19.6. The molecule has 1 atom stereocenters. The van der Waals surface area contributed by atoms with Gasteiger partial charge in [0.05, 0.1) is 13.2 Å². The van der Waals surface area contributed by atoms with E-state index in [0.29, 0.717) is 5.92 Å². The summed E-state index contributed by atoms with van der Waals surface area (Å²) in [5.41, 5.74) is 0.936. The number of aryl methyl sites for hydroxylation is 1. The lowest BCUT2D eigenvalue weighted by molar-refractivity contribution is 0.0515. The number of aromatic nitrogens is 3. The first-order valence-corrected chi connectivity index (χ1v) is 9.13. The van der Waals surface area contributed by atoms with Crippen molar-refractivity contribution >= 4 is 11.8 Å². The van der Waals surface area contributed by atoms with Crippen LogP contribution in [0, 0.1) is 12.8 Å². The molecule has 1 unspecified atom stereocenters. The number of pyridine rings is 1. The van der Waals surface area contributed by atoms with E-state index in [2.05, 4.69) is 21.9 Å². The average molecular weight is 378 g/mol. The minimum atomic E-state index is -2.84. The Morgan fingerprint density at radius 2 is 2.19 bits per heavy atom. The fraction of sp³-hybridized carbons (Fsp3) is 0.526. The van der Waals surface area contributed by atoms with Crippen molar-refractivity contribution in [2.45, 2.75) is 40.2 Å². The Morgan fingerprint density at radius 3 is 2.78 bits per heavy atom. The Kier molecular flexibility index (Phi) is 5.72. The highest BCUT2D eigenvalue weighted by Crippen LogP contribution is 2.25. The maximum absolute atomic E-state index is 13.2. The van der Waals surface area contributed by atoms with Gasteiger partial charge >= 0.3 is 5.97 Å². The third-order valence-electron chi connectivity index (χ3n) is 4.75. The van der Waals surface area contributed by atoms with Crippen LogP contribution in [-0.2, 0) is 11.3 Å². The van der Waals surface area contributed by atoms with Gasteiger partial charge in [-0.3, -0.25) is 4.68 Å². The summed E-state index contributed by atoms with van der Waals surface area (Å²) in [6.07, 6.45) is -0.373. The number of esters is 1. The van der Waals surface area contributed by atoms with Gasteiger partial charge in [-0.05, 0) is 37.8 Å². The van der Waals surface area contributed by atoms with E-state index in [1.165, 1.54) is 10.9 Å². The van der Waals surface area contributed by atoms with E-state index in [1.54, 1.807) is 6.92 Å². The summed E-state index contributed by atoms with van der Waals surface area (Å²) < 4.78 is 32.6. The molecular weight excluding hydrogens is 354 g/mol. The number of hydrogen-bond acceptors (Lipinski definition) is 5. The molecule has 146 valence electrons. The third-order valence-corrected chi connectivity index (χ3v) is 4.75. The van der Waals surface area contributed by atoms with Crippen molar-refractivity contribution in [1.29, 1.82) is 0 Å². The lowest BCUT2D eigenvalue weighted by Gasteiger charge is -2.18. The molecule has 27 heavy (non-hydrogen) atoms. The Morgan fingerprint density at radius 1 is 1.41 bits per heavy atom. The van der Waals surface area contributed by atoms with Gasteiger partial charge in [0.1, 0.15) is 17.1 Å². The summed E-state index contributed by atoms with van der Waals surface area (Å²) >= 11 is 0. The molecule has 2 aromatic heterocycles. The number of hydrogen-bond donors (Lipinski definition) is 0. The predicted octanol–water partition coefficient (Wildman–Crippen LogP) is 3.60. The van der Waals surface area contributed by atoms with Gasteiger partial charge in [0, 0.05) is 25.0 Å². The molecule has 2 aromatic rings. The molecule has 8 heteroatoms. The van der Waals surface area contributed by atoms with Crippen LogP contribution in [0.5, 0.6) is 0 Å². The maximum Gasteiger partial charge on any atom is 0.341 e. The molecule has 0 aromatic carbocycles. The topological polar surface area (TPSA) is 60.2 Å². The predicted molar refractivity (Wildman–Crippen MR) is 97.2 cm³/mol. The molecule has 1 aliphatic rings. The van der Waals surface area contributed by atoms with Crippen molar-refractivity contribution in [2.75, 3.05) is 24.6 Å². The van der Waals surface area contributed by atoms with E-state index in [4.69, 9.17) is 4.74 Å². The number of alkyl halides is 2. The Balaban J connectivity index is 1.80. The summed E-state index contributed by atoms with van der Waals surface area (Å²) in [6, 6.07) is 3.89. The first-order chi connectivity index (χ1) is 12.9. The monoisotopic (exact) mass is 378 g/mol. The van der Waals surface area contributed by atoms with E-state index in [1.807, 2.05) is 19.1 Å². The molecule has 3 heterocycles. The van der Waals surface area contributed by atoms with Crippen LogP contribution in [0.3, 0.4) is 0 Å². The van der Waals surface area contributed by atoms with Gasteiger partial charge in [-0.1, -0.05) is 13.0 Å². The molecule has 0 N–H and O–H groups in total. The van der Waals surface area contributed by atoms with Gasteiger partial charge in [0.25, 0.3) is 6.43 Å². The van der Waals surface area contributed by atoms with Gasteiger partial charge in [-0.25, -0.2) is 18.6 Å². The largest absolute Gasteiger partial charge is 0.462 e. The molecular formula is C19H24F2N4O2. The minimum absolute atomic E-state index is 0.117. The van der Waals surface area contributed by atoms with Crippen LogP contribution < -0.4 is 4.90 Å². The Labute approximate surface area is 157 Å². The van der Waals surface area contributed by atoms with Crippen LogP contribution in [0.15, 0.2) is 18.3 Å². The second kappa shape index (κ2) is 8.02. The smallest absolute Gasteiger partial charge is 0.341 e. The number of halogens is 2. The Hall–Kier alpha value is -2.51. The molecule has 0 radical (unpaired) electrons. The van der Waals surface area contributed by atoms with Gasteiger partial charge in [0.2, 0.25) is 0 Å². The zero-order valence-corrected chi connectivity index (χ0v) is 15.8. The number of ether oxygens (including phenoxy) is 1. The van der Waals surface area contributed by atoms with Crippen molar-refractivity contribution in [3.8, 4) is 0 Å². The number of nitrogens with zero attached hydrogens (tertiary/aromatic N) is 4. The summed E-state index contributed by atoms with van der Waals surface area (Å²) in [5, 5.41) is 3.89. The molecule has 0 saturated carbocycles. The van der Waals surface area contributed by atoms with Crippen LogP contribution in [-0.4, -0.2) is 40.4 Å². The molecule has 6 nitrogen and oxygen atoms in total. The number of anilines is 1. The van der Waals surface area contributed by atoms with Gasteiger partial charge in [-0.2, -0.15) is 5.10 Å². The summed E-state index contributed by atoms with van der Waals surface area (Å²) in [7, 11) is 0. The third kappa shape index (κ3) is 4.26. The SMILES string of the molecule is CCOC(=O)c1cn(Cc2ccc(N3CCC(C)C3)nc2C)nc1C(F)F. The van der Waals surface area contributed by atoms with E-state index in [-0.39, 0.29) is 18.7 Å². The molecule has 0 aliphatic carbocycles. The van der Waals surface area contributed by atoms with Crippen LogP contribution in [0.2, 0.25) is 0 Å². The van der Waals surface area contributed by atoms with Gasteiger partial charge in [0.15, 0.2) is 0 Å². The normalized spacial score (nSPS) is 17.0. The fourth-order valence-corrected chi connectivity index (χ4v) is 3.28. The molecule has 3 rings (SSSR count). The van der Waals surface area contributed by atoms with Crippen molar-refractivity contribution < 1.29 is 18.3 Å². The highest BCUT2D eigenvalue weighted by molar-refractivity contribution is 5.90. The highest BCUT2D eigenvalue weighted by atomic mass is 19.3. The first-order valence-electron chi connectivity index (χ1n) is 9.13. The van der Waals surface area contributed by atoms with Crippen molar-refractivity contribution in [3.63, 3.8) is 0 Å².